The summed E-state index contributed by atoms with van der Waals surface area (Å²) in [6, 6.07) is 4.68. The summed E-state index contributed by atoms with van der Waals surface area (Å²) in [7, 11) is 1.65. The van der Waals surface area contributed by atoms with Gasteiger partial charge in [-0.2, -0.15) is 13.2 Å². The molecule has 1 heterocycles. The number of guanidine groups is 1. The second kappa shape index (κ2) is 13.9. The number of halogens is 4. The van der Waals surface area contributed by atoms with Crippen LogP contribution in [0.3, 0.4) is 0 Å². The van der Waals surface area contributed by atoms with E-state index in [2.05, 4.69) is 15.2 Å². The van der Waals surface area contributed by atoms with Crippen LogP contribution in [0.4, 0.5) is 13.2 Å². The van der Waals surface area contributed by atoms with E-state index in [1.54, 1.807) is 7.11 Å². The Morgan fingerprint density at radius 3 is 2.57 bits per heavy atom. The normalized spacial score (nSPS) is 17.0. The molecule has 1 N–H and O–H groups in total. The molecule has 0 bridgehead atoms. The second-order valence-electron chi connectivity index (χ2n) is 6.77. The van der Waals surface area contributed by atoms with Crippen LogP contribution in [0.5, 0.6) is 5.75 Å². The largest absolute Gasteiger partial charge is 0.492 e. The van der Waals surface area contributed by atoms with E-state index in [-0.39, 0.29) is 30.6 Å². The summed E-state index contributed by atoms with van der Waals surface area (Å²) < 4.78 is 53.9. The number of nitrogens with one attached hydrogen (secondary N) is 1. The molecule has 172 valence electrons. The maximum absolute atomic E-state index is 12.6. The summed E-state index contributed by atoms with van der Waals surface area (Å²) in [6.45, 7) is 7.15. The summed E-state index contributed by atoms with van der Waals surface area (Å²) in [6.07, 6.45) is -3.30. The van der Waals surface area contributed by atoms with Crippen molar-refractivity contribution in [3.8, 4) is 5.75 Å². The highest BCUT2D eigenvalue weighted by molar-refractivity contribution is 14.0. The first-order chi connectivity index (χ1) is 13.9. The van der Waals surface area contributed by atoms with Gasteiger partial charge in [0, 0.05) is 32.7 Å². The van der Waals surface area contributed by atoms with E-state index in [0.29, 0.717) is 38.0 Å². The summed E-state index contributed by atoms with van der Waals surface area (Å²) in [5, 5.41) is 3.28. The third-order valence-electron chi connectivity index (χ3n) is 4.51. The smallest absolute Gasteiger partial charge is 0.416 e. The van der Waals surface area contributed by atoms with Gasteiger partial charge in [0.1, 0.15) is 12.4 Å². The number of ether oxygens (including phenoxy) is 3. The Hall–Kier alpha value is -1.27. The Kier molecular flexibility index (Phi) is 12.4. The molecule has 1 saturated heterocycles. The zero-order valence-corrected chi connectivity index (χ0v) is 19.7. The summed E-state index contributed by atoms with van der Waals surface area (Å²) in [5.41, 5.74) is -0.688. The number of benzene rings is 1. The van der Waals surface area contributed by atoms with Gasteiger partial charge in [0.15, 0.2) is 5.96 Å². The standard InChI is InChI=1S/C20H30F3N3O3.HI/c1-3-24-19(26-10-8-16(14-26)15-28-13-12-27-2)25-9-11-29-18-6-4-17(5-7-18)20(21,22)23;/h4-7,16H,3,8-15H2,1-2H3,(H,24,25);1H. The molecule has 0 saturated carbocycles. The van der Waals surface area contributed by atoms with E-state index in [1.165, 1.54) is 12.1 Å². The molecule has 1 aliphatic rings. The van der Waals surface area contributed by atoms with Crippen LogP contribution in [0.2, 0.25) is 0 Å². The fourth-order valence-corrected chi connectivity index (χ4v) is 3.03. The van der Waals surface area contributed by atoms with Crippen LogP contribution in [0, 0.1) is 5.92 Å². The van der Waals surface area contributed by atoms with Gasteiger partial charge in [-0.15, -0.1) is 24.0 Å². The highest BCUT2D eigenvalue weighted by atomic mass is 127. The lowest BCUT2D eigenvalue weighted by atomic mass is 10.1. The van der Waals surface area contributed by atoms with Crippen LogP contribution in [-0.4, -0.2) is 70.6 Å². The van der Waals surface area contributed by atoms with Gasteiger partial charge in [-0.05, 0) is 37.6 Å². The van der Waals surface area contributed by atoms with Crippen molar-refractivity contribution in [3.63, 3.8) is 0 Å². The van der Waals surface area contributed by atoms with Crippen LogP contribution in [0.25, 0.3) is 0 Å². The van der Waals surface area contributed by atoms with E-state index in [9.17, 15) is 13.2 Å². The molecule has 2 rings (SSSR count). The van der Waals surface area contributed by atoms with Crippen molar-refractivity contribution < 1.29 is 27.4 Å². The van der Waals surface area contributed by atoms with E-state index < -0.39 is 11.7 Å². The molecule has 6 nitrogen and oxygen atoms in total. The van der Waals surface area contributed by atoms with Crippen LogP contribution in [0.1, 0.15) is 18.9 Å². The molecule has 0 amide bonds. The number of hydrogen-bond acceptors (Lipinski definition) is 4. The molecule has 0 aliphatic carbocycles. The number of nitrogens with zero attached hydrogens (tertiary/aromatic N) is 2. The Labute approximate surface area is 193 Å². The number of rotatable bonds is 10. The third kappa shape index (κ3) is 9.25. The zero-order chi connectivity index (χ0) is 21.1. The monoisotopic (exact) mass is 545 g/mol. The van der Waals surface area contributed by atoms with Crippen LogP contribution in [-0.2, 0) is 15.7 Å². The van der Waals surface area contributed by atoms with Crippen LogP contribution < -0.4 is 10.1 Å². The first-order valence-corrected chi connectivity index (χ1v) is 9.84. The van der Waals surface area contributed by atoms with E-state index >= 15 is 0 Å². The lowest BCUT2D eigenvalue weighted by Gasteiger charge is -2.21. The van der Waals surface area contributed by atoms with Crippen molar-refractivity contribution >= 4 is 29.9 Å². The zero-order valence-electron chi connectivity index (χ0n) is 17.4. The maximum atomic E-state index is 12.6. The van der Waals surface area contributed by atoms with Gasteiger partial charge < -0.3 is 24.4 Å². The van der Waals surface area contributed by atoms with Crippen molar-refractivity contribution in [2.75, 3.05) is 59.7 Å². The van der Waals surface area contributed by atoms with Gasteiger partial charge in [-0.1, -0.05) is 0 Å². The second-order valence-corrected chi connectivity index (χ2v) is 6.77. The predicted molar refractivity (Wildman–Crippen MR) is 121 cm³/mol. The molecule has 1 unspecified atom stereocenters. The van der Waals surface area contributed by atoms with Crippen molar-refractivity contribution in [2.45, 2.75) is 19.5 Å². The summed E-state index contributed by atoms with van der Waals surface area (Å²) >= 11 is 0. The van der Waals surface area contributed by atoms with E-state index in [1.807, 2.05) is 6.92 Å². The highest BCUT2D eigenvalue weighted by Crippen LogP contribution is 2.30. The molecular formula is C20H31F3IN3O3. The molecule has 30 heavy (non-hydrogen) atoms. The molecule has 1 aromatic rings. The Morgan fingerprint density at radius 1 is 1.20 bits per heavy atom. The molecule has 0 spiro atoms. The third-order valence-corrected chi connectivity index (χ3v) is 4.51. The fraction of sp³-hybridized carbons (Fsp3) is 0.650. The number of hydrogen-bond donors (Lipinski definition) is 1. The quantitative estimate of drug-likeness (QED) is 0.211. The predicted octanol–water partition coefficient (Wildman–Crippen LogP) is 3.65. The molecule has 1 aromatic carbocycles. The molecule has 1 fully saturated rings. The molecular weight excluding hydrogens is 514 g/mol. The van der Waals surface area contributed by atoms with Crippen molar-refractivity contribution in [1.82, 2.24) is 10.2 Å². The number of aliphatic imine (C=N–C) groups is 1. The van der Waals surface area contributed by atoms with E-state index in [0.717, 1.165) is 44.1 Å². The van der Waals surface area contributed by atoms with E-state index in [4.69, 9.17) is 14.2 Å². The average molecular weight is 545 g/mol. The SMILES string of the molecule is CCNC(=NCCOc1ccc(C(F)(F)F)cc1)N1CCC(COCCOC)C1.I. The highest BCUT2D eigenvalue weighted by Gasteiger charge is 2.30. The Morgan fingerprint density at radius 2 is 1.93 bits per heavy atom. The molecule has 0 aromatic heterocycles. The molecule has 0 radical (unpaired) electrons. The van der Waals surface area contributed by atoms with Crippen molar-refractivity contribution in [2.24, 2.45) is 10.9 Å². The molecule has 10 heteroatoms. The summed E-state index contributed by atoms with van der Waals surface area (Å²) in [4.78, 5) is 6.78. The minimum absolute atomic E-state index is 0. The van der Waals surface area contributed by atoms with Gasteiger partial charge in [-0.25, -0.2) is 4.99 Å². The van der Waals surface area contributed by atoms with Gasteiger partial charge in [0.2, 0.25) is 0 Å². The Balaban J connectivity index is 0.00000450. The Bertz CT molecular complexity index is 630. The van der Waals surface area contributed by atoms with Crippen LogP contribution >= 0.6 is 24.0 Å². The number of methoxy groups -OCH3 is 1. The van der Waals surface area contributed by atoms with Gasteiger partial charge in [0.25, 0.3) is 0 Å². The van der Waals surface area contributed by atoms with Crippen molar-refractivity contribution in [1.29, 1.82) is 0 Å². The summed E-state index contributed by atoms with van der Waals surface area (Å²) in [5.74, 6) is 1.68. The maximum Gasteiger partial charge on any atom is 0.416 e. The minimum Gasteiger partial charge on any atom is -0.492 e. The molecule has 1 aliphatic heterocycles. The van der Waals surface area contributed by atoms with Crippen molar-refractivity contribution in [3.05, 3.63) is 29.8 Å². The number of alkyl halides is 3. The minimum atomic E-state index is -4.34. The van der Waals surface area contributed by atoms with Gasteiger partial charge in [0.05, 0.1) is 31.9 Å². The van der Waals surface area contributed by atoms with Gasteiger partial charge >= 0.3 is 6.18 Å². The lowest BCUT2D eigenvalue weighted by molar-refractivity contribution is -0.137. The lowest BCUT2D eigenvalue weighted by Crippen LogP contribution is -2.40. The number of likely N-dealkylation sites (tertiary alicyclic amines) is 1. The topological polar surface area (TPSA) is 55.3 Å². The van der Waals surface area contributed by atoms with Gasteiger partial charge in [-0.3, -0.25) is 0 Å². The first kappa shape index (κ1) is 26.8. The first-order valence-electron chi connectivity index (χ1n) is 9.84. The van der Waals surface area contributed by atoms with Crippen LogP contribution in [0.15, 0.2) is 29.3 Å². The molecule has 1 atom stereocenters. The fourth-order valence-electron chi connectivity index (χ4n) is 3.03. The average Bonchev–Trinajstić information content (AvgIpc) is 3.16.